The number of benzene rings is 2. The highest BCUT2D eigenvalue weighted by molar-refractivity contribution is 6.52. The van der Waals surface area contributed by atoms with E-state index < -0.39 is 35.6 Å². The topological polar surface area (TPSA) is 89.2 Å². The number of carbonyl (C=O) groups excluding carboxylic acids is 2. The highest BCUT2D eigenvalue weighted by Crippen LogP contribution is 2.44. The fourth-order valence-corrected chi connectivity index (χ4v) is 3.96. The molecule has 1 atom stereocenters. The van der Waals surface area contributed by atoms with Crippen LogP contribution in [0.15, 0.2) is 64.6 Å². The number of carbonyl (C=O) groups is 2. The Labute approximate surface area is 201 Å². The maximum Gasteiger partial charge on any atom is 0.573 e. The number of halogens is 4. The van der Waals surface area contributed by atoms with Gasteiger partial charge in [-0.15, -0.1) is 13.2 Å². The summed E-state index contributed by atoms with van der Waals surface area (Å²) < 4.78 is 53.0. The minimum Gasteiger partial charge on any atom is -0.507 e. The summed E-state index contributed by atoms with van der Waals surface area (Å²) in [7, 11) is 1.40. The first-order chi connectivity index (χ1) is 16.5. The Kier molecular flexibility index (Phi) is 6.25. The van der Waals surface area contributed by atoms with E-state index in [0.29, 0.717) is 11.5 Å². The van der Waals surface area contributed by atoms with Gasteiger partial charge in [-0.05, 0) is 49.4 Å². The Bertz CT molecular complexity index is 1350. The van der Waals surface area contributed by atoms with Gasteiger partial charge in [-0.25, -0.2) is 0 Å². The number of anilines is 1. The molecule has 0 spiro atoms. The van der Waals surface area contributed by atoms with Gasteiger partial charge in [-0.1, -0.05) is 17.7 Å². The monoisotopic (exact) mass is 507 g/mol. The molecule has 1 aromatic heterocycles. The quantitative estimate of drug-likeness (QED) is 0.268. The smallest absolute Gasteiger partial charge is 0.507 e. The molecule has 2 heterocycles. The van der Waals surface area contributed by atoms with Crippen molar-refractivity contribution in [3.8, 4) is 11.5 Å². The number of ketones is 1. The molecular formula is C24H17ClF3NO6. The summed E-state index contributed by atoms with van der Waals surface area (Å²) in [5.74, 6) is -2.49. The van der Waals surface area contributed by atoms with Crippen LogP contribution in [0.4, 0.5) is 18.9 Å². The number of hydrogen-bond acceptors (Lipinski definition) is 6. The highest BCUT2D eigenvalue weighted by atomic mass is 35.5. The van der Waals surface area contributed by atoms with Crippen LogP contribution in [-0.4, -0.2) is 30.3 Å². The third kappa shape index (κ3) is 4.69. The first-order valence-corrected chi connectivity index (χ1v) is 10.4. The Morgan fingerprint density at radius 2 is 1.83 bits per heavy atom. The molecule has 1 saturated heterocycles. The van der Waals surface area contributed by atoms with Crippen molar-refractivity contribution in [2.24, 2.45) is 0 Å². The third-order valence-electron chi connectivity index (χ3n) is 5.23. The summed E-state index contributed by atoms with van der Waals surface area (Å²) in [6.45, 7) is 1.63. The standard InChI is InChI=1S/C24H17ClF3NO6/c1-12-6-9-18(34-12)20-19(21(30)16-11-14(33-2)7-8-17(16)25)22(31)23(32)29(20)13-4-3-5-15(10-13)35-24(26,27)28/h3-11,20,30H,1-2H3/b21-19-. The normalized spacial score (nSPS) is 17.7. The molecule has 1 aliphatic heterocycles. The number of rotatable bonds is 5. The van der Waals surface area contributed by atoms with Crippen LogP contribution >= 0.6 is 11.6 Å². The van der Waals surface area contributed by atoms with Gasteiger partial charge >= 0.3 is 6.36 Å². The lowest BCUT2D eigenvalue weighted by Gasteiger charge is -2.24. The molecule has 4 rings (SSSR count). The van der Waals surface area contributed by atoms with Crippen molar-refractivity contribution in [2.45, 2.75) is 19.3 Å². The summed E-state index contributed by atoms with van der Waals surface area (Å²) in [5, 5.41) is 11.2. The number of Topliss-reactive ketones (excluding diaryl/α,β-unsaturated/α-hetero) is 1. The van der Waals surface area contributed by atoms with Crippen LogP contribution in [0.25, 0.3) is 5.76 Å². The van der Waals surface area contributed by atoms with Crippen LogP contribution in [0.3, 0.4) is 0 Å². The largest absolute Gasteiger partial charge is 0.573 e. The van der Waals surface area contributed by atoms with E-state index in [1.165, 1.54) is 43.5 Å². The zero-order chi connectivity index (χ0) is 25.5. The molecule has 0 radical (unpaired) electrons. The number of methoxy groups -OCH3 is 1. The van der Waals surface area contributed by atoms with Gasteiger partial charge in [0.15, 0.2) is 0 Å². The highest BCUT2D eigenvalue weighted by Gasteiger charge is 2.48. The van der Waals surface area contributed by atoms with Gasteiger partial charge in [0.25, 0.3) is 11.7 Å². The second kappa shape index (κ2) is 9.03. The van der Waals surface area contributed by atoms with E-state index in [4.69, 9.17) is 20.8 Å². The summed E-state index contributed by atoms with van der Waals surface area (Å²) in [6.07, 6.45) is -4.96. The molecule has 0 bridgehead atoms. The SMILES string of the molecule is COc1ccc(Cl)c(/C(O)=C2/C(=O)C(=O)N(c3cccc(OC(F)(F)F)c3)C2c2ccc(C)o2)c1. The zero-order valence-corrected chi connectivity index (χ0v) is 19.0. The zero-order valence-electron chi connectivity index (χ0n) is 18.2. The van der Waals surface area contributed by atoms with Crippen molar-refractivity contribution >= 4 is 34.7 Å². The van der Waals surface area contributed by atoms with Crippen LogP contribution < -0.4 is 14.4 Å². The molecule has 3 aromatic rings. The van der Waals surface area contributed by atoms with Gasteiger partial charge in [-0.3, -0.25) is 14.5 Å². The lowest BCUT2D eigenvalue weighted by Crippen LogP contribution is -2.29. The number of furan rings is 1. The first-order valence-electron chi connectivity index (χ1n) is 10.1. The number of alkyl halides is 3. The predicted molar refractivity (Wildman–Crippen MR) is 119 cm³/mol. The van der Waals surface area contributed by atoms with E-state index in [9.17, 15) is 27.9 Å². The lowest BCUT2D eigenvalue weighted by molar-refractivity contribution is -0.274. The molecule has 0 saturated carbocycles. The van der Waals surface area contributed by atoms with Crippen LogP contribution in [0.5, 0.6) is 11.5 Å². The number of aliphatic hydroxyl groups is 1. The Hall–Kier alpha value is -3.92. The maximum atomic E-state index is 13.1. The van der Waals surface area contributed by atoms with Crippen LogP contribution in [0.1, 0.15) is 23.1 Å². The van der Waals surface area contributed by atoms with Gasteiger partial charge in [-0.2, -0.15) is 0 Å². The summed E-state index contributed by atoms with van der Waals surface area (Å²) in [5.41, 5.74) is -0.420. The minimum atomic E-state index is -4.96. The molecule has 1 N–H and O–H groups in total. The fourth-order valence-electron chi connectivity index (χ4n) is 3.76. The lowest BCUT2D eigenvalue weighted by atomic mass is 9.99. The maximum absolute atomic E-state index is 13.1. The average Bonchev–Trinajstić information content (AvgIpc) is 3.33. The molecule has 0 aliphatic carbocycles. The van der Waals surface area contributed by atoms with E-state index in [1.807, 2.05) is 0 Å². The number of ether oxygens (including phenoxy) is 2. The molecule has 7 nitrogen and oxygen atoms in total. The van der Waals surface area contributed by atoms with Crippen molar-refractivity contribution in [1.29, 1.82) is 0 Å². The van der Waals surface area contributed by atoms with Gasteiger partial charge in [0.05, 0.1) is 17.7 Å². The number of amides is 1. The molecule has 1 aliphatic rings. The second-order valence-electron chi connectivity index (χ2n) is 7.51. The Morgan fingerprint density at radius 1 is 1.09 bits per heavy atom. The Balaban J connectivity index is 1.91. The third-order valence-corrected chi connectivity index (χ3v) is 5.56. The van der Waals surface area contributed by atoms with E-state index in [2.05, 4.69) is 4.74 Å². The molecule has 1 fully saturated rings. The number of hydrogen-bond donors (Lipinski definition) is 1. The van der Waals surface area contributed by atoms with E-state index >= 15 is 0 Å². The Morgan fingerprint density at radius 3 is 2.46 bits per heavy atom. The summed E-state index contributed by atoms with van der Waals surface area (Å²) in [6, 6.07) is 10.7. The summed E-state index contributed by atoms with van der Waals surface area (Å²) in [4.78, 5) is 27.2. The van der Waals surface area contributed by atoms with Gasteiger partial charge in [0.2, 0.25) is 0 Å². The van der Waals surface area contributed by atoms with Crippen molar-refractivity contribution in [3.63, 3.8) is 0 Å². The van der Waals surface area contributed by atoms with Gasteiger partial charge < -0.3 is 19.0 Å². The van der Waals surface area contributed by atoms with Gasteiger partial charge in [0, 0.05) is 17.3 Å². The molecular weight excluding hydrogens is 491 g/mol. The molecule has 35 heavy (non-hydrogen) atoms. The molecule has 1 amide bonds. The molecule has 2 aromatic carbocycles. The van der Waals surface area contributed by atoms with Crippen LogP contribution in [0.2, 0.25) is 5.02 Å². The molecule has 1 unspecified atom stereocenters. The number of nitrogens with zero attached hydrogens (tertiary/aromatic N) is 1. The number of aliphatic hydroxyl groups excluding tert-OH is 1. The van der Waals surface area contributed by atoms with Crippen LogP contribution in [0, 0.1) is 6.92 Å². The van der Waals surface area contributed by atoms with E-state index in [1.54, 1.807) is 13.0 Å². The second-order valence-corrected chi connectivity index (χ2v) is 7.92. The summed E-state index contributed by atoms with van der Waals surface area (Å²) >= 11 is 6.24. The average molecular weight is 508 g/mol. The number of aryl methyl sites for hydroxylation is 1. The van der Waals surface area contributed by atoms with Crippen molar-refractivity contribution in [3.05, 3.63) is 82.3 Å². The fraction of sp³-hybridized carbons (Fsp3) is 0.167. The van der Waals surface area contributed by atoms with Gasteiger partial charge in [0.1, 0.15) is 34.8 Å². The van der Waals surface area contributed by atoms with Crippen molar-refractivity contribution < 1.29 is 41.8 Å². The minimum absolute atomic E-state index is 0.0199. The van der Waals surface area contributed by atoms with E-state index in [0.717, 1.165) is 17.0 Å². The first kappa shape index (κ1) is 24.2. The van der Waals surface area contributed by atoms with Crippen LogP contribution in [-0.2, 0) is 9.59 Å². The van der Waals surface area contributed by atoms with E-state index in [-0.39, 0.29) is 27.6 Å². The van der Waals surface area contributed by atoms with Crippen molar-refractivity contribution in [2.75, 3.05) is 12.0 Å². The molecule has 182 valence electrons. The van der Waals surface area contributed by atoms with Crippen molar-refractivity contribution in [1.82, 2.24) is 0 Å². The molecule has 11 heteroatoms. The predicted octanol–water partition coefficient (Wildman–Crippen LogP) is 5.77.